The Labute approximate surface area is 223 Å². The number of carbonyl (C=O) groups is 1. The van der Waals surface area contributed by atoms with Crippen LogP contribution in [0.3, 0.4) is 0 Å². The molecular formula is C28H36N4O5S. The lowest BCUT2D eigenvalue weighted by molar-refractivity contribution is 0.0491. The van der Waals surface area contributed by atoms with E-state index in [4.69, 9.17) is 4.74 Å². The molecule has 38 heavy (non-hydrogen) atoms. The van der Waals surface area contributed by atoms with Crippen LogP contribution in [-0.4, -0.2) is 48.0 Å². The van der Waals surface area contributed by atoms with Crippen molar-refractivity contribution in [2.45, 2.75) is 76.4 Å². The number of aromatic amines is 1. The maximum atomic E-state index is 12.9. The quantitative estimate of drug-likeness (QED) is 0.512. The number of hydrogen-bond donors (Lipinski definition) is 2. The zero-order chi connectivity index (χ0) is 27.4. The summed E-state index contributed by atoms with van der Waals surface area (Å²) in [6, 6.07) is 6.16. The SMILES string of the molecule is Cn1cc2c3c(c[nH]c3c1=O)CN([C@H]1CC[C@H](NC(=O)OC(C)(C)C)CC1)c1ccc(CS(C)(=O)=O)cc1-2. The highest BCUT2D eigenvalue weighted by Gasteiger charge is 2.32. The zero-order valence-electron chi connectivity index (χ0n) is 22.6. The van der Waals surface area contributed by atoms with Gasteiger partial charge in [-0.3, -0.25) is 4.79 Å². The summed E-state index contributed by atoms with van der Waals surface area (Å²) in [6.07, 6.45) is 8.06. The van der Waals surface area contributed by atoms with E-state index in [9.17, 15) is 18.0 Å². The molecule has 5 rings (SSSR count). The van der Waals surface area contributed by atoms with Crippen molar-refractivity contribution in [3.8, 4) is 11.1 Å². The largest absolute Gasteiger partial charge is 0.444 e. The number of aromatic nitrogens is 2. The number of fused-ring (bicyclic) bond motifs is 2. The molecule has 1 aliphatic carbocycles. The minimum absolute atomic E-state index is 0.0450. The minimum atomic E-state index is -3.21. The Morgan fingerprint density at radius 3 is 2.53 bits per heavy atom. The van der Waals surface area contributed by atoms with E-state index in [2.05, 4.69) is 15.2 Å². The van der Waals surface area contributed by atoms with Crippen molar-refractivity contribution in [1.29, 1.82) is 0 Å². The molecule has 0 bridgehead atoms. The van der Waals surface area contributed by atoms with Crippen LogP contribution in [0.2, 0.25) is 0 Å². The van der Waals surface area contributed by atoms with E-state index in [1.54, 1.807) is 11.6 Å². The molecule has 0 atom stereocenters. The number of aryl methyl sites for hydroxylation is 1. The third kappa shape index (κ3) is 5.32. The average Bonchev–Trinajstić information content (AvgIpc) is 3.17. The molecule has 10 heteroatoms. The molecule has 0 unspecified atom stereocenters. The van der Waals surface area contributed by atoms with Gasteiger partial charge < -0.3 is 24.5 Å². The van der Waals surface area contributed by atoms with Gasteiger partial charge in [-0.1, -0.05) is 6.07 Å². The molecule has 2 aromatic heterocycles. The van der Waals surface area contributed by atoms with Crippen molar-refractivity contribution in [3.63, 3.8) is 0 Å². The maximum Gasteiger partial charge on any atom is 0.407 e. The summed E-state index contributed by atoms with van der Waals surface area (Å²) in [7, 11) is -1.47. The molecule has 0 saturated heterocycles. The summed E-state index contributed by atoms with van der Waals surface area (Å²) in [5, 5.41) is 3.92. The van der Waals surface area contributed by atoms with Gasteiger partial charge in [0.2, 0.25) is 0 Å². The highest BCUT2D eigenvalue weighted by Crippen LogP contribution is 2.43. The van der Waals surface area contributed by atoms with Crippen molar-refractivity contribution in [2.24, 2.45) is 7.05 Å². The van der Waals surface area contributed by atoms with Gasteiger partial charge in [-0.05, 0) is 69.7 Å². The van der Waals surface area contributed by atoms with Gasteiger partial charge in [0.1, 0.15) is 11.1 Å². The molecule has 3 heterocycles. The number of ether oxygens (including phenoxy) is 1. The van der Waals surface area contributed by atoms with Crippen LogP contribution in [0, 0.1) is 0 Å². The number of hydrogen-bond acceptors (Lipinski definition) is 6. The summed E-state index contributed by atoms with van der Waals surface area (Å²) < 4.78 is 31.2. The number of carbonyl (C=O) groups excluding carboxylic acids is 1. The molecule has 3 aromatic rings. The van der Waals surface area contributed by atoms with Crippen LogP contribution in [0.4, 0.5) is 10.5 Å². The van der Waals surface area contributed by atoms with E-state index in [0.29, 0.717) is 12.1 Å². The van der Waals surface area contributed by atoms with Crippen LogP contribution < -0.4 is 15.8 Å². The van der Waals surface area contributed by atoms with Gasteiger partial charge >= 0.3 is 6.09 Å². The third-order valence-electron chi connectivity index (χ3n) is 7.38. The Morgan fingerprint density at radius 1 is 1.16 bits per heavy atom. The smallest absolute Gasteiger partial charge is 0.407 e. The maximum absolute atomic E-state index is 12.9. The fraction of sp³-hybridized carbons (Fsp3) is 0.500. The topological polar surface area (TPSA) is 114 Å². The van der Waals surface area contributed by atoms with Crippen molar-refractivity contribution >= 4 is 32.5 Å². The van der Waals surface area contributed by atoms with Gasteiger partial charge in [-0.15, -0.1) is 0 Å². The van der Waals surface area contributed by atoms with E-state index in [1.165, 1.54) is 6.26 Å². The molecular weight excluding hydrogens is 504 g/mol. The highest BCUT2D eigenvalue weighted by atomic mass is 32.2. The molecule has 2 aliphatic rings. The Bertz CT molecular complexity index is 1560. The van der Waals surface area contributed by atoms with Crippen LogP contribution in [0.1, 0.15) is 57.6 Å². The number of nitrogens with one attached hydrogen (secondary N) is 2. The summed E-state index contributed by atoms with van der Waals surface area (Å²) in [4.78, 5) is 30.8. The number of alkyl carbamates (subject to hydrolysis) is 1. The molecule has 0 spiro atoms. The predicted molar refractivity (Wildman–Crippen MR) is 149 cm³/mol. The third-order valence-corrected chi connectivity index (χ3v) is 8.23. The molecule has 2 N–H and O–H groups in total. The number of sulfone groups is 1. The zero-order valence-corrected chi connectivity index (χ0v) is 23.4. The lowest BCUT2D eigenvalue weighted by Crippen LogP contribution is -2.45. The first kappa shape index (κ1) is 26.3. The molecule has 0 radical (unpaired) electrons. The first-order chi connectivity index (χ1) is 17.8. The normalized spacial score (nSPS) is 19.7. The van der Waals surface area contributed by atoms with E-state index < -0.39 is 15.4 Å². The molecule has 1 aromatic carbocycles. The summed E-state index contributed by atoms with van der Waals surface area (Å²) >= 11 is 0. The fourth-order valence-electron chi connectivity index (χ4n) is 5.81. The second-order valence-electron chi connectivity index (χ2n) is 11.7. The molecule has 9 nitrogen and oxygen atoms in total. The van der Waals surface area contributed by atoms with Gasteiger partial charge in [0, 0.05) is 66.5 Å². The van der Waals surface area contributed by atoms with Crippen LogP contribution >= 0.6 is 0 Å². The van der Waals surface area contributed by atoms with Gasteiger partial charge in [0.25, 0.3) is 5.56 Å². The predicted octanol–water partition coefficient (Wildman–Crippen LogP) is 4.23. The van der Waals surface area contributed by atoms with Crippen LogP contribution in [0.25, 0.3) is 22.0 Å². The Kier molecular flexibility index (Phi) is 6.57. The number of rotatable bonds is 4. The van der Waals surface area contributed by atoms with E-state index in [0.717, 1.165) is 59.0 Å². The standard InChI is InChI=1S/C28H36N4O5S/c1-28(2,3)37-27(34)30-19-7-9-20(10-8-19)32-14-18-13-29-25-24(18)22(15-31(4)26(25)33)21-12-17(6-11-23(21)32)16-38(5,35)36/h6,11-13,15,19-20,29H,7-10,14,16H2,1-5H3,(H,30,34)/t19-,20-. The highest BCUT2D eigenvalue weighted by molar-refractivity contribution is 7.89. The molecule has 1 fully saturated rings. The average molecular weight is 541 g/mol. The number of amides is 1. The summed E-state index contributed by atoms with van der Waals surface area (Å²) in [6.45, 7) is 6.20. The van der Waals surface area contributed by atoms with Crippen LogP contribution in [0.15, 0.2) is 35.4 Å². The van der Waals surface area contributed by atoms with Crippen molar-refractivity contribution in [2.75, 3.05) is 11.2 Å². The van der Waals surface area contributed by atoms with E-state index in [-0.39, 0.29) is 29.5 Å². The van der Waals surface area contributed by atoms with Crippen LogP contribution in [0.5, 0.6) is 0 Å². The van der Waals surface area contributed by atoms with Crippen molar-refractivity contribution in [3.05, 3.63) is 52.1 Å². The number of anilines is 1. The molecule has 204 valence electrons. The second-order valence-corrected chi connectivity index (χ2v) is 13.9. The number of nitrogens with zero attached hydrogens (tertiary/aromatic N) is 2. The minimum Gasteiger partial charge on any atom is -0.444 e. The van der Waals surface area contributed by atoms with Gasteiger partial charge in [-0.25, -0.2) is 13.2 Å². The summed E-state index contributed by atoms with van der Waals surface area (Å²) in [5.41, 5.74) is 4.58. The first-order valence-corrected chi connectivity index (χ1v) is 15.1. The number of benzene rings is 1. The monoisotopic (exact) mass is 540 g/mol. The summed E-state index contributed by atoms with van der Waals surface area (Å²) in [5.74, 6) is -0.0450. The van der Waals surface area contributed by atoms with E-state index in [1.807, 2.05) is 51.4 Å². The van der Waals surface area contributed by atoms with Gasteiger partial charge in [0.15, 0.2) is 9.84 Å². The second kappa shape index (κ2) is 9.48. The lowest BCUT2D eigenvalue weighted by Gasteiger charge is -2.39. The fourth-order valence-corrected chi connectivity index (χ4v) is 6.59. The van der Waals surface area contributed by atoms with E-state index >= 15 is 0 Å². The molecule has 1 saturated carbocycles. The van der Waals surface area contributed by atoms with Crippen molar-refractivity contribution < 1.29 is 17.9 Å². The molecule has 1 aliphatic heterocycles. The van der Waals surface area contributed by atoms with Crippen molar-refractivity contribution in [1.82, 2.24) is 14.9 Å². The number of H-pyrrole nitrogens is 1. The van der Waals surface area contributed by atoms with Crippen LogP contribution in [-0.2, 0) is 33.9 Å². The Morgan fingerprint density at radius 2 is 1.87 bits per heavy atom. The lowest BCUT2D eigenvalue weighted by atomic mass is 9.89. The Hall–Kier alpha value is -3.27. The molecule has 1 amide bonds. The number of pyridine rings is 1. The first-order valence-electron chi connectivity index (χ1n) is 13.1. The van der Waals surface area contributed by atoms with Gasteiger partial charge in [-0.2, -0.15) is 0 Å². The van der Waals surface area contributed by atoms with Gasteiger partial charge in [0.05, 0.1) is 5.75 Å². The Balaban J connectivity index is 1.49.